The molecule has 1 aliphatic rings. The largest absolute Gasteiger partial charge is 0.384 e. The molecule has 1 saturated heterocycles. The lowest BCUT2D eigenvalue weighted by atomic mass is 10.1. The van der Waals surface area contributed by atoms with Gasteiger partial charge in [0, 0.05) is 30.0 Å². The second kappa shape index (κ2) is 8.41. The first-order valence-corrected chi connectivity index (χ1v) is 10.2. The summed E-state index contributed by atoms with van der Waals surface area (Å²) in [5, 5.41) is 15.1. The van der Waals surface area contributed by atoms with Crippen molar-refractivity contribution >= 4 is 23.1 Å². The molecule has 0 bridgehead atoms. The number of aromatic nitrogens is 2. The highest BCUT2D eigenvalue weighted by molar-refractivity contribution is 6.03. The van der Waals surface area contributed by atoms with Crippen molar-refractivity contribution < 1.29 is 4.79 Å². The van der Waals surface area contributed by atoms with E-state index in [9.17, 15) is 4.79 Å². The Morgan fingerprint density at radius 3 is 2.47 bits per heavy atom. The highest BCUT2D eigenvalue weighted by Gasteiger charge is 2.17. The minimum absolute atomic E-state index is 0.0273. The molecule has 3 aromatic rings. The molecule has 0 saturated carbocycles. The standard InChI is InChI=1S/C23H26N6O/c1-16-14-21(29(27-16)20-7-5-6-17(15-20)22(24)25)23(30)26-18-8-10-19(11-9-18)28-12-3-2-4-13-28/h5-11,14-15H,2-4,12-13H2,1H3,(H3,24,25)(H,26,30). The maximum absolute atomic E-state index is 13.0. The normalized spacial score (nSPS) is 13.8. The number of nitrogen functional groups attached to an aromatic ring is 1. The molecule has 154 valence electrons. The number of aryl methyl sites for hydroxylation is 1. The molecule has 0 spiro atoms. The van der Waals surface area contributed by atoms with Gasteiger partial charge in [0.15, 0.2) is 0 Å². The molecule has 30 heavy (non-hydrogen) atoms. The summed E-state index contributed by atoms with van der Waals surface area (Å²) in [6.07, 6.45) is 3.76. The third kappa shape index (κ3) is 4.20. The lowest BCUT2D eigenvalue weighted by Crippen LogP contribution is -2.29. The van der Waals surface area contributed by atoms with Crippen LogP contribution in [0.25, 0.3) is 5.69 Å². The summed E-state index contributed by atoms with van der Waals surface area (Å²) in [5.74, 6) is -0.268. The number of piperidine rings is 1. The Labute approximate surface area is 176 Å². The summed E-state index contributed by atoms with van der Waals surface area (Å²) in [4.78, 5) is 15.4. The minimum atomic E-state index is -0.241. The third-order valence-corrected chi connectivity index (χ3v) is 5.31. The molecule has 1 aliphatic heterocycles. The van der Waals surface area contributed by atoms with E-state index in [1.54, 1.807) is 28.9 Å². The molecule has 7 nitrogen and oxygen atoms in total. The zero-order valence-corrected chi connectivity index (χ0v) is 17.1. The van der Waals surface area contributed by atoms with Gasteiger partial charge in [-0.3, -0.25) is 10.2 Å². The zero-order valence-electron chi connectivity index (χ0n) is 17.1. The molecule has 2 aromatic carbocycles. The molecule has 2 heterocycles. The average molecular weight is 403 g/mol. The fourth-order valence-electron chi connectivity index (χ4n) is 3.77. The fraction of sp³-hybridized carbons (Fsp3) is 0.261. The predicted molar refractivity (Wildman–Crippen MR) is 120 cm³/mol. The average Bonchev–Trinajstić information content (AvgIpc) is 3.17. The Morgan fingerprint density at radius 1 is 1.03 bits per heavy atom. The van der Waals surface area contributed by atoms with Crippen LogP contribution in [0, 0.1) is 12.3 Å². The summed E-state index contributed by atoms with van der Waals surface area (Å²) in [6, 6.07) is 16.9. The van der Waals surface area contributed by atoms with Gasteiger partial charge in [0.25, 0.3) is 5.91 Å². The van der Waals surface area contributed by atoms with Gasteiger partial charge in [-0.25, -0.2) is 4.68 Å². The van der Waals surface area contributed by atoms with Crippen LogP contribution in [0.2, 0.25) is 0 Å². The van der Waals surface area contributed by atoms with Crippen LogP contribution in [0.5, 0.6) is 0 Å². The number of hydrogen-bond acceptors (Lipinski definition) is 4. The van der Waals surface area contributed by atoms with Gasteiger partial charge in [0.2, 0.25) is 0 Å². The van der Waals surface area contributed by atoms with Crippen molar-refractivity contribution in [1.29, 1.82) is 5.41 Å². The first kappa shape index (κ1) is 19.7. The minimum Gasteiger partial charge on any atom is -0.384 e. The van der Waals surface area contributed by atoms with Crippen LogP contribution < -0.4 is 16.0 Å². The number of carbonyl (C=O) groups is 1. The first-order valence-electron chi connectivity index (χ1n) is 10.2. The van der Waals surface area contributed by atoms with Gasteiger partial charge in [-0.05, 0) is 68.7 Å². The molecule has 4 N–H and O–H groups in total. The third-order valence-electron chi connectivity index (χ3n) is 5.31. The van der Waals surface area contributed by atoms with Crippen molar-refractivity contribution in [2.24, 2.45) is 5.73 Å². The maximum Gasteiger partial charge on any atom is 0.274 e. The van der Waals surface area contributed by atoms with Crippen molar-refractivity contribution in [1.82, 2.24) is 9.78 Å². The second-order valence-corrected chi connectivity index (χ2v) is 7.60. The Balaban J connectivity index is 1.54. The van der Waals surface area contributed by atoms with Gasteiger partial charge in [0.05, 0.1) is 11.4 Å². The fourth-order valence-corrected chi connectivity index (χ4v) is 3.77. The zero-order chi connectivity index (χ0) is 21.1. The number of benzene rings is 2. The number of amidine groups is 1. The number of nitrogens with one attached hydrogen (secondary N) is 2. The molecule has 1 amide bonds. The summed E-state index contributed by atoms with van der Waals surface area (Å²) < 4.78 is 1.58. The van der Waals surface area contributed by atoms with Gasteiger partial charge in [-0.1, -0.05) is 12.1 Å². The van der Waals surface area contributed by atoms with E-state index in [1.807, 2.05) is 25.1 Å². The van der Waals surface area contributed by atoms with Crippen LogP contribution in [0.15, 0.2) is 54.6 Å². The smallest absolute Gasteiger partial charge is 0.274 e. The molecule has 0 radical (unpaired) electrons. The maximum atomic E-state index is 13.0. The number of hydrogen-bond donors (Lipinski definition) is 3. The number of rotatable bonds is 5. The number of carbonyl (C=O) groups excluding carboxylic acids is 1. The monoisotopic (exact) mass is 402 g/mol. The van der Waals surface area contributed by atoms with E-state index in [0.29, 0.717) is 16.9 Å². The summed E-state index contributed by atoms with van der Waals surface area (Å²) >= 11 is 0. The van der Waals surface area contributed by atoms with Crippen molar-refractivity contribution in [3.8, 4) is 5.69 Å². The molecule has 1 fully saturated rings. The van der Waals surface area contributed by atoms with Crippen molar-refractivity contribution in [3.05, 3.63) is 71.5 Å². The van der Waals surface area contributed by atoms with E-state index < -0.39 is 0 Å². The lowest BCUT2D eigenvalue weighted by Gasteiger charge is -2.28. The van der Waals surface area contributed by atoms with Crippen molar-refractivity contribution in [3.63, 3.8) is 0 Å². The molecule has 7 heteroatoms. The van der Waals surface area contributed by atoms with Crippen LogP contribution in [0.1, 0.15) is 41.0 Å². The Morgan fingerprint density at radius 2 is 1.77 bits per heavy atom. The molecular weight excluding hydrogens is 376 g/mol. The Kier molecular flexibility index (Phi) is 5.52. The molecule has 0 aliphatic carbocycles. The van der Waals surface area contributed by atoms with Crippen molar-refractivity contribution in [2.75, 3.05) is 23.3 Å². The van der Waals surface area contributed by atoms with Crippen LogP contribution in [-0.2, 0) is 0 Å². The van der Waals surface area contributed by atoms with E-state index in [-0.39, 0.29) is 11.7 Å². The molecule has 1 aromatic heterocycles. The Hall–Kier alpha value is -3.61. The van der Waals surface area contributed by atoms with Gasteiger partial charge in [-0.15, -0.1) is 0 Å². The van der Waals surface area contributed by atoms with Crippen LogP contribution in [0.3, 0.4) is 0 Å². The summed E-state index contributed by atoms with van der Waals surface area (Å²) in [6.45, 7) is 4.02. The Bertz CT molecular complexity index is 1060. The predicted octanol–water partition coefficient (Wildman–Crippen LogP) is 3.71. The van der Waals surface area contributed by atoms with Gasteiger partial charge < -0.3 is 16.0 Å². The van der Waals surface area contributed by atoms with Gasteiger partial charge in [0.1, 0.15) is 11.5 Å². The highest BCUT2D eigenvalue weighted by Crippen LogP contribution is 2.22. The van der Waals surface area contributed by atoms with Crippen LogP contribution in [-0.4, -0.2) is 34.6 Å². The lowest BCUT2D eigenvalue weighted by molar-refractivity contribution is 0.101. The van der Waals surface area contributed by atoms with Crippen LogP contribution in [0.4, 0.5) is 11.4 Å². The number of amides is 1. The van der Waals surface area contributed by atoms with E-state index in [4.69, 9.17) is 11.1 Å². The summed E-state index contributed by atoms with van der Waals surface area (Å²) in [5.41, 5.74) is 9.95. The summed E-state index contributed by atoms with van der Waals surface area (Å²) in [7, 11) is 0. The highest BCUT2D eigenvalue weighted by atomic mass is 16.2. The quantitative estimate of drug-likeness (QED) is 0.447. The van der Waals surface area contributed by atoms with Gasteiger partial charge in [-0.2, -0.15) is 5.10 Å². The van der Waals surface area contributed by atoms with Crippen molar-refractivity contribution in [2.45, 2.75) is 26.2 Å². The molecule has 0 atom stereocenters. The van der Waals surface area contributed by atoms with E-state index in [2.05, 4.69) is 27.4 Å². The SMILES string of the molecule is Cc1cc(C(=O)Nc2ccc(N3CCCCC3)cc2)n(-c2cccc(C(=N)N)c2)n1. The molecular formula is C23H26N6O. The second-order valence-electron chi connectivity index (χ2n) is 7.60. The molecule has 4 rings (SSSR count). The van der Waals surface area contributed by atoms with Crippen LogP contribution >= 0.6 is 0 Å². The van der Waals surface area contributed by atoms with Gasteiger partial charge >= 0.3 is 0 Å². The first-order chi connectivity index (χ1) is 14.5. The number of anilines is 2. The van der Waals surface area contributed by atoms with E-state index >= 15 is 0 Å². The number of nitrogens with zero attached hydrogens (tertiary/aromatic N) is 3. The molecule has 0 unspecified atom stereocenters. The topological polar surface area (TPSA) is 100 Å². The van der Waals surface area contributed by atoms with E-state index in [0.717, 1.165) is 24.5 Å². The number of nitrogens with two attached hydrogens (primary N) is 1. The van der Waals surface area contributed by atoms with E-state index in [1.165, 1.54) is 24.9 Å².